The Hall–Kier alpha value is -2.23. The highest BCUT2D eigenvalue weighted by molar-refractivity contribution is 5.71. The van der Waals surface area contributed by atoms with Crippen molar-refractivity contribution in [2.75, 3.05) is 7.11 Å². The van der Waals surface area contributed by atoms with Crippen LogP contribution < -0.4 is 4.74 Å². The highest BCUT2D eigenvalue weighted by Crippen LogP contribution is 2.27. The first-order chi connectivity index (χ1) is 9.04. The van der Waals surface area contributed by atoms with Crippen LogP contribution in [-0.2, 0) is 11.2 Å². The van der Waals surface area contributed by atoms with E-state index < -0.39 is 5.97 Å². The van der Waals surface area contributed by atoms with Gasteiger partial charge >= 0.3 is 5.97 Å². The summed E-state index contributed by atoms with van der Waals surface area (Å²) in [7, 11) is 1.63. The van der Waals surface area contributed by atoms with Crippen molar-refractivity contribution in [2.45, 2.75) is 20.3 Å². The first kappa shape index (κ1) is 13.2. The number of aryl methyl sites for hydroxylation is 1. The molecule has 19 heavy (non-hydrogen) atoms. The van der Waals surface area contributed by atoms with Gasteiger partial charge in [-0.15, -0.1) is 0 Å². The van der Waals surface area contributed by atoms with Gasteiger partial charge in [-0.3, -0.25) is 4.79 Å². The molecule has 1 aromatic carbocycles. The zero-order valence-electron chi connectivity index (χ0n) is 11.3. The smallest absolute Gasteiger partial charge is 0.307 e. The molecule has 0 aliphatic heterocycles. The topological polar surface area (TPSA) is 51.5 Å². The van der Waals surface area contributed by atoms with E-state index in [2.05, 4.69) is 0 Å². The maximum atomic E-state index is 10.9. The van der Waals surface area contributed by atoms with Gasteiger partial charge < -0.3 is 14.4 Å². The van der Waals surface area contributed by atoms with E-state index in [0.29, 0.717) is 0 Å². The molecule has 1 aromatic heterocycles. The molecule has 4 heteroatoms. The number of para-hydroxylation sites is 2. The van der Waals surface area contributed by atoms with Gasteiger partial charge in [-0.05, 0) is 37.6 Å². The van der Waals surface area contributed by atoms with E-state index >= 15 is 0 Å². The lowest BCUT2D eigenvalue weighted by molar-refractivity contribution is -0.136. The number of hydrogen-bond donors (Lipinski definition) is 1. The summed E-state index contributed by atoms with van der Waals surface area (Å²) in [5.74, 6) is -0.0496. The Morgan fingerprint density at radius 2 is 2.00 bits per heavy atom. The Labute approximate surface area is 112 Å². The predicted octanol–water partition coefficient (Wildman–Crippen LogP) is 2.73. The lowest BCUT2D eigenvalue weighted by atomic mass is 10.2. The zero-order chi connectivity index (χ0) is 14.0. The molecule has 1 heterocycles. The Bertz CT molecular complexity index is 614. The number of benzene rings is 1. The molecule has 0 fully saturated rings. The Morgan fingerprint density at radius 1 is 1.32 bits per heavy atom. The average Bonchev–Trinajstić information content (AvgIpc) is 2.64. The second-order valence-electron chi connectivity index (χ2n) is 4.47. The number of rotatable bonds is 4. The molecule has 0 aliphatic carbocycles. The molecule has 100 valence electrons. The van der Waals surface area contributed by atoms with Gasteiger partial charge in [0.15, 0.2) is 0 Å². The van der Waals surface area contributed by atoms with Crippen LogP contribution in [-0.4, -0.2) is 22.8 Å². The van der Waals surface area contributed by atoms with Crippen LogP contribution in [0.25, 0.3) is 5.69 Å². The summed E-state index contributed by atoms with van der Waals surface area (Å²) in [5, 5.41) is 8.93. The average molecular weight is 259 g/mol. The van der Waals surface area contributed by atoms with Crippen molar-refractivity contribution in [1.29, 1.82) is 0 Å². The van der Waals surface area contributed by atoms with Crippen LogP contribution in [0.15, 0.2) is 30.3 Å². The van der Waals surface area contributed by atoms with E-state index in [1.54, 1.807) is 7.11 Å². The first-order valence-corrected chi connectivity index (χ1v) is 6.07. The maximum absolute atomic E-state index is 10.9. The van der Waals surface area contributed by atoms with E-state index in [-0.39, 0.29) is 6.42 Å². The number of hydrogen-bond acceptors (Lipinski definition) is 2. The van der Waals surface area contributed by atoms with Crippen LogP contribution in [0.3, 0.4) is 0 Å². The summed E-state index contributed by atoms with van der Waals surface area (Å²) in [6, 6.07) is 9.62. The van der Waals surface area contributed by atoms with Crippen LogP contribution in [0.2, 0.25) is 0 Å². The van der Waals surface area contributed by atoms with Crippen molar-refractivity contribution in [3.63, 3.8) is 0 Å². The first-order valence-electron chi connectivity index (χ1n) is 6.07. The van der Waals surface area contributed by atoms with Gasteiger partial charge in [0.25, 0.3) is 0 Å². The van der Waals surface area contributed by atoms with Gasteiger partial charge in [0.1, 0.15) is 5.75 Å². The van der Waals surface area contributed by atoms with Gasteiger partial charge in [-0.1, -0.05) is 12.1 Å². The van der Waals surface area contributed by atoms with E-state index in [1.165, 1.54) is 0 Å². The summed E-state index contributed by atoms with van der Waals surface area (Å²) >= 11 is 0. The number of methoxy groups -OCH3 is 1. The zero-order valence-corrected chi connectivity index (χ0v) is 11.3. The lowest BCUT2D eigenvalue weighted by Crippen LogP contribution is -2.04. The second-order valence-corrected chi connectivity index (χ2v) is 4.47. The SMILES string of the molecule is COc1ccccc1-n1c(C)cc(CC(=O)O)c1C. The molecule has 0 aliphatic rings. The molecule has 4 nitrogen and oxygen atoms in total. The molecule has 0 saturated carbocycles. The standard InChI is InChI=1S/C15H17NO3/c1-10-8-12(9-15(17)18)11(2)16(10)13-6-4-5-7-14(13)19-3/h4-8H,9H2,1-3H3,(H,17,18). The maximum Gasteiger partial charge on any atom is 0.307 e. The molecule has 2 aromatic rings. The minimum atomic E-state index is -0.819. The number of nitrogens with zero attached hydrogens (tertiary/aromatic N) is 1. The fourth-order valence-corrected chi connectivity index (χ4v) is 2.36. The number of aromatic nitrogens is 1. The largest absolute Gasteiger partial charge is 0.495 e. The molecule has 0 bridgehead atoms. The molecule has 0 saturated heterocycles. The van der Waals surface area contributed by atoms with Gasteiger partial charge in [-0.2, -0.15) is 0 Å². The number of ether oxygens (including phenoxy) is 1. The van der Waals surface area contributed by atoms with Crippen molar-refractivity contribution in [3.8, 4) is 11.4 Å². The summed E-state index contributed by atoms with van der Waals surface area (Å²) in [4.78, 5) is 10.9. The molecule has 2 rings (SSSR count). The number of carboxylic acid groups (broad SMARTS) is 1. The van der Waals surface area contributed by atoms with Crippen molar-refractivity contribution >= 4 is 5.97 Å². The molecule has 0 spiro atoms. The highest BCUT2D eigenvalue weighted by atomic mass is 16.5. The van der Waals surface area contributed by atoms with Crippen molar-refractivity contribution in [1.82, 2.24) is 4.57 Å². The normalized spacial score (nSPS) is 10.5. The third kappa shape index (κ3) is 2.47. The molecular weight excluding hydrogens is 242 g/mol. The quantitative estimate of drug-likeness (QED) is 0.918. The van der Waals surface area contributed by atoms with Gasteiger partial charge in [0.2, 0.25) is 0 Å². The fraction of sp³-hybridized carbons (Fsp3) is 0.267. The van der Waals surface area contributed by atoms with Crippen molar-refractivity contribution in [3.05, 3.63) is 47.3 Å². The molecule has 0 atom stereocenters. The Morgan fingerprint density at radius 3 is 2.63 bits per heavy atom. The predicted molar refractivity (Wildman–Crippen MR) is 73.1 cm³/mol. The van der Waals surface area contributed by atoms with E-state index in [9.17, 15) is 4.79 Å². The van der Waals surface area contributed by atoms with E-state index in [1.807, 2.05) is 48.7 Å². The molecule has 0 amide bonds. The lowest BCUT2D eigenvalue weighted by Gasteiger charge is -2.13. The molecule has 1 N–H and O–H groups in total. The van der Waals surface area contributed by atoms with Crippen LogP contribution in [0.1, 0.15) is 17.0 Å². The van der Waals surface area contributed by atoms with Crippen LogP contribution in [0, 0.1) is 13.8 Å². The summed E-state index contributed by atoms with van der Waals surface area (Å²) in [5.41, 5.74) is 3.69. The summed E-state index contributed by atoms with van der Waals surface area (Å²) < 4.78 is 7.39. The fourth-order valence-electron chi connectivity index (χ4n) is 2.36. The van der Waals surface area contributed by atoms with Gasteiger partial charge in [0.05, 0.1) is 19.2 Å². The monoisotopic (exact) mass is 259 g/mol. The van der Waals surface area contributed by atoms with Crippen LogP contribution in [0.5, 0.6) is 5.75 Å². The van der Waals surface area contributed by atoms with E-state index in [4.69, 9.17) is 9.84 Å². The van der Waals surface area contributed by atoms with Crippen molar-refractivity contribution < 1.29 is 14.6 Å². The van der Waals surface area contributed by atoms with Crippen molar-refractivity contribution in [2.24, 2.45) is 0 Å². The molecule has 0 radical (unpaired) electrons. The second kappa shape index (κ2) is 5.18. The Balaban J connectivity index is 2.56. The van der Waals surface area contributed by atoms with Gasteiger partial charge in [0, 0.05) is 11.4 Å². The van der Waals surface area contributed by atoms with Crippen LogP contribution in [0.4, 0.5) is 0 Å². The number of carbonyl (C=O) groups is 1. The summed E-state index contributed by atoms with van der Waals surface area (Å²) in [6.07, 6.45) is 0.0365. The third-order valence-electron chi connectivity index (χ3n) is 3.20. The third-order valence-corrected chi connectivity index (χ3v) is 3.20. The number of carboxylic acids is 1. The van der Waals surface area contributed by atoms with E-state index in [0.717, 1.165) is 28.4 Å². The van der Waals surface area contributed by atoms with Gasteiger partial charge in [-0.25, -0.2) is 0 Å². The minimum Gasteiger partial charge on any atom is -0.495 e. The highest BCUT2D eigenvalue weighted by Gasteiger charge is 2.15. The Kier molecular flexibility index (Phi) is 3.60. The molecule has 0 unspecified atom stereocenters. The summed E-state index contributed by atoms with van der Waals surface area (Å²) in [6.45, 7) is 3.89. The van der Waals surface area contributed by atoms with Crippen LogP contribution >= 0.6 is 0 Å². The minimum absolute atomic E-state index is 0.0365. The number of aliphatic carboxylic acids is 1. The molecular formula is C15H17NO3.